The summed E-state index contributed by atoms with van der Waals surface area (Å²) in [4.78, 5) is 26.8. The number of pyridine rings is 1. The number of aromatic nitrogens is 1. The predicted octanol–water partition coefficient (Wildman–Crippen LogP) is 1.67. The number of carbonyl (C=O) groups is 1. The first-order valence-electron chi connectivity index (χ1n) is 9.97. The zero-order valence-electron chi connectivity index (χ0n) is 15.7. The van der Waals surface area contributed by atoms with Gasteiger partial charge in [0.1, 0.15) is 0 Å². The number of rotatable bonds is 6. The van der Waals surface area contributed by atoms with Crippen LogP contribution in [0.3, 0.4) is 0 Å². The largest absolute Gasteiger partial charge is 0.381 e. The molecule has 27 heavy (non-hydrogen) atoms. The van der Waals surface area contributed by atoms with E-state index in [1.807, 2.05) is 6.07 Å². The Morgan fingerprint density at radius 2 is 1.93 bits per heavy atom. The van der Waals surface area contributed by atoms with Gasteiger partial charge in [-0.2, -0.15) is 0 Å². The van der Waals surface area contributed by atoms with Crippen LogP contribution in [0.25, 0.3) is 0 Å². The Labute approximate surface area is 166 Å². The lowest BCUT2D eigenvalue weighted by Crippen LogP contribution is -2.43. The predicted molar refractivity (Wildman–Crippen MR) is 106 cm³/mol. The van der Waals surface area contributed by atoms with Crippen LogP contribution in [0.15, 0.2) is 29.2 Å². The van der Waals surface area contributed by atoms with Crippen molar-refractivity contribution in [2.45, 2.75) is 50.7 Å². The van der Waals surface area contributed by atoms with Crippen molar-refractivity contribution < 1.29 is 9.53 Å². The van der Waals surface area contributed by atoms with Crippen LogP contribution >= 0.6 is 12.4 Å². The molecule has 1 aromatic rings. The quantitative estimate of drug-likeness (QED) is 0.795. The number of nitrogens with one attached hydrogen (secondary N) is 1. The number of ether oxygens (including phenoxy) is 1. The molecule has 1 aliphatic carbocycles. The third-order valence-electron chi connectivity index (χ3n) is 6.15. The van der Waals surface area contributed by atoms with Gasteiger partial charge in [-0.05, 0) is 43.6 Å². The minimum absolute atomic E-state index is 0. The molecule has 0 bridgehead atoms. The number of hydrogen-bond donors (Lipinski definition) is 1. The molecule has 0 spiro atoms. The second-order valence-electron chi connectivity index (χ2n) is 7.96. The summed E-state index contributed by atoms with van der Waals surface area (Å²) in [6.45, 7) is 4.23. The molecule has 2 aliphatic heterocycles. The lowest BCUT2D eigenvalue weighted by molar-refractivity contribution is -0.122. The van der Waals surface area contributed by atoms with Crippen molar-refractivity contribution >= 4 is 18.3 Å². The highest BCUT2D eigenvalue weighted by Crippen LogP contribution is 2.42. The van der Waals surface area contributed by atoms with Crippen LogP contribution in [0, 0.1) is 11.8 Å². The Balaban J connectivity index is 0.00000210. The van der Waals surface area contributed by atoms with E-state index in [2.05, 4.69) is 10.2 Å². The molecule has 3 aliphatic rings. The van der Waals surface area contributed by atoms with Crippen LogP contribution in [0.2, 0.25) is 0 Å². The average molecular weight is 396 g/mol. The van der Waals surface area contributed by atoms with E-state index in [0.29, 0.717) is 24.9 Å². The molecule has 3 fully saturated rings. The Morgan fingerprint density at radius 3 is 2.63 bits per heavy atom. The maximum atomic E-state index is 12.5. The van der Waals surface area contributed by atoms with Crippen molar-refractivity contribution in [1.82, 2.24) is 14.8 Å². The summed E-state index contributed by atoms with van der Waals surface area (Å²) in [7, 11) is 0. The van der Waals surface area contributed by atoms with Gasteiger partial charge in [0.05, 0.1) is 0 Å². The first-order valence-corrected chi connectivity index (χ1v) is 9.97. The minimum Gasteiger partial charge on any atom is -0.381 e. The first kappa shape index (κ1) is 20.4. The number of halogens is 1. The van der Waals surface area contributed by atoms with Crippen molar-refractivity contribution in [3.8, 4) is 0 Å². The summed E-state index contributed by atoms with van der Waals surface area (Å²) in [6, 6.07) is 5.94. The van der Waals surface area contributed by atoms with Gasteiger partial charge in [-0.3, -0.25) is 14.5 Å². The van der Waals surface area contributed by atoms with Crippen molar-refractivity contribution in [3.05, 3.63) is 34.7 Å². The van der Waals surface area contributed by atoms with Gasteiger partial charge in [0.2, 0.25) is 5.91 Å². The monoisotopic (exact) mass is 395 g/mol. The first-order chi connectivity index (χ1) is 12.7. The van der Waals surface area contributed by atoms with Gasteiger partial charge < -0.3 is 14.6 Å². The fourth-order valence-corrected chi connectivity index (χ4v) is 4.51. The number of likely N-dealkylation sites (tertiary alicyclic amines) is 1. The van der Waals surface area contributed by atoms with Gasteiger partial charge in [-0.25, -0.2) is 0 Å². The van der Waals surface area contributed by atoms with Crippen LogP contribution in [0.4, 0.5) is 0 Å². The zero-order chi connectivity index (χ0) is 17.9. The van der Waals surface area contributed by atoms with E-state index in [-0.39, 0.29) is 29.9 Å². The van der Waals surface area contributed by atoms with Crippen LogP contribution in [0.1, 0.15) is 32.1 Å². The Hall–Kier alpha value is -1.37. The molecule has 0 radical (unpaired) electrons. The van der Waals surface area contributed by atoms with Crippen LogP contribution in [-0.2, 0) is 16.1 Å². The van der Waals surface area contributed by atoms with Crippen LogP contribution in [0.5, 0.6) is 0 Å². The summed E-state index contributed by atoms with van der Waals surface area (Å²) in [5.74, 6) is 1.42. The Bertz CT molecular complexity index is 685. The molecular formula is C20H30ClN3O3. The van der Waals surface area contributed by atoms with Gasteiger partial charge in [0.15, 0.2) is 0 Å². The van der Waals surface area contributed by atoms with Gasteiger partial charge in [0, 0.05) is 63.6 Å². The maximum absolute atomic E-state index is 12.5. The van der Waals surface area contributed by atoms with E-state index in [0.717, 1.165) is 45.1 Å². The molecule has 2 atom stereocenters. The van der Waals surface area contributed by atoms with Crippen molar-refractivity contribution in [2.24, 2.45) is 11.8 Å². The van der Waals surface area contributed by atoms with Gasteiger partial charge in [-0.1, -0.05) is 6.07 Å². The van der Waals surface area contributed by atoms with Gasteiger partial charge in [-0.15, -0.1) is 12.4 Å². The molecule has 3 heterocycles. The highest BCUT2D eigenvalue weighted by atomic mass is 35.5. The second kappa shape index (κ2) is 9.22. The van der Waals surface area contributed by atoms with Gasteiger partial charge >= 0.3 is 0 Å². The normalized spacial score (nSPS) is 26.5. The minimum atomic E-state index is -0.0530. The summed E-state index contributed by atoms with van der Waals surface area (Å²) in [5.41, 5.74) is -0.0530. The fraction of sp³-hybridized carbons (Fsp3) is 0.700. The lowest BCUT2D eigenvalue weighted by Gasteiger charge is -2.31. The number of carbonyl (C=O) groups excluding carboxylic acids is 1. The van der Waals surface area contributed by atoms with E-state index in [4.69, 9.17) is 4.74 Å². The summed E-state index contributed by atoms with van der Waals surface area (Å²) < 4.78 is 7.09. The maximum Gasteiger partial charge on any atom is 0.250 e. The summed E-state index contributed by atoms with van der Waals surface area (Å²) in [6.07, 6.45) is 6.92. The van der Waals surface area contributed by atoms with E-state index in [9.17, 15) is 9.59 Å². The molecule has 1 N–H and O–H groups in total. The van der Waals surface area contributed by atoms with Gasteiger partial charge in [0.25, 0.3) is 5.56 Å². The summed E-state index contributed by atoms with van der Waals surface area (Å²) in [5, 5.41) is 3.28. The van der Waals surface area contributed by atoms with E-state index >= 15 is 0 Å². The Morgan fingerprint density at radius 1 is 1.15 bits per heavy atom. The average Bonchev–Trinajstić information content (AvgIpc) is 3.42. The summed E-state index contributed by atoms with van der Waals surface area (Å²) >= 11 is 0. The fourth-order valence-electron chi connectivity index (χ4n) is 4.51. The molecule has 2 saturated heterocycles. The van der Waals surface area contributed by atoms with Crippen molar-refractivity contribution in [3.63, 3.8) is 0 Å². The number of aryl methyl sites for hydroxylation is 1. The zero-order valence-corrected chi connectivity index (χ0v) is 16.5. The molecule has 1 saturated carbocycles. The van der Waals surface area contributed by atoms with Crippen LogP contribution in [-0.4, -0.2) is 53.8 Å². The molecule has 1 aromatic heterocycles. The molecule has 4 rings (SSSR count). The molecule has 0 unspecified atom stereocenters. The lowest BCUT2D eigenvalue weighted by atomic mass is 9.98. The molecule has 1 amide bonds. The highest BCUT2D eigenvalue weighted by molar-refractivity contribution is 5.85. The van der Waals surface area contributed by atoms with Crippen molar-refractivity contribution in [2.75, 3.05) is 26.3 Å². The number of hydrogen-bond acceptors (Lipinski definition) is 4. The smallest absolute Gasteiger partial charge is 0.250 e. The van der Waals surface area contributed by atoms with E-state index in [1.165, 1.54) is 18.9 Å². The molecule has 150 valence electrons. The van der Waals surface area contributed by atoms with Crippen LogP contribution < -0.4 is 10.9 Å². The molecule has 7 heteroatoms. The third-order valence-corrected chi connectivity index (χ3v) is 6.15. The standard InChI is InChI=1S/C20H29N3O3.ClH/c24-19(6-10-22-9-2-1-3-20(22)25)21-18-14-23(13-17(18)15-4-5-15)16-7-11-26-12-8-16;/h1-3,9,15-18H,4-8,10-14H2,(H,21,24);1H/t17-,18+;/m1./s1. The molecule has 6 nitrogen and oxygen atoms in total. The number of nitrogens with zero attached hydrogens (tertiary/aromatic N) is 2. The topological polar surface area (TPSA) is 63.6 Å². The molecular weight excluding hydrogens is 366 g/mol. The number of amides is 1. The SMILES string of the molecule is Cl.O=C(CCn1ccccc1=O)N[C@H]1CN(C2CCOCC2)C[C@@H]1C1CC1. The van der Waals surface area contributed by atoms with Crippen molar-refractivity contribution in [1.29, 1.82) is 0 Å². The third kappa shape index (κ3) is 5.12. The Kier molecular flexibility index (Phi) is 6.95. The second-order valence-corrected chi connectivity index (χ2v) is 7.96. The highest BCUT2D eigenvalue weighted by Gasteiger charge is 2.44. The van der Waals surface area contributed by atoms with E-state index < -0.39 is 0 Å². The molecule has 0 aromatic carbocycles. The van der Waals surface area contributed by atoms with E-state index in [1.54, 1.807) is 16.8 Å².